The van der Waals surface area contributed by atoms with Crippen molar-refractivity contribution in [2.45, 2.75) is 12.3 Å². The summed E-state index contributed by atoms with van der Waals surface area (Å²) in [6.07, 6.45) is 1.04. The molecule has 13 heavy (non-hydrogen) atoms. The Morgan fingerprint density at radius 2 is 2.31 bits per heavy atom. The maximum atomic E-state index is 13.1. The lowest BCUT2D eigenvalue weighted by Crippen LogP contribution is -2.08. The summed E-state index contributed by atoms with van der Waals surface area (Å²) in [6, 6.07) is 5.02. The average Bonchev–Trinajstić information content (AvgIpc) is 2.62. The number of hydrogen-bond donors (Lipinski definition) is 1. The smallest absolute Gasteiger partial charge is 0.142 e. The largest absolute Gasteiger partial charge is 0.316 e. The molecule has 1 aliphatic heterocycles. The maximum absolute atomic E-state index is 13.1. The van der Waals surface area contributed by atoms with Gasteiger partial charge in [-0.1, -0.05) is 23.7 Å². The molecule has 0 aliphatic carbocycles. The molecular formula is C10H11ClFN. The van der Waals surface area contributed by atoms with Crippen molar-refractivity contribution in [1.82, 2.24) is 5.32 Å². The van der Waals surface area contributed by atoms with Crippen LogP contribution in [0.25, 0.3) is 0 Å². The lowest BCUT2D eigenvalue weighted by molar-refractivity contribution is 0.621. The van der Waals surface area contributed by atoms with Gasteiger partial charge in [-0.3, -0.25) is 0 Å². The van der Waals surface area contributed by atoms with Gasteiger partial charge in [0, 0.05) is 6.54 Å². The normalized spacial score (nSPS) is 22.2. The maximum Gasteiger partial charge on any atom is 0.142 e. The molecule has 1 aliphatic rings. The van der Waals surface area contributed by atoms with Crippen molar-refractivity contribution in [3.8, 4) is 0 Å². The van der Waals surface area contributed by atoms with Gasteiger partial charge in [0.2, 0.25) is 0 Å². The van der Waals surface area contributed by atoms with Crippen LogP contribution in [0.4, 0.5) is 4.39 Å². The van der Waals surface area contributed by atoms with Crippen molar-refractivity contribution < 1.29 is 4.39 Å². The SMILES string of the molecule is Fc1cccc(C2CCNC2)c1Cl. The van der Waals surface area contributed by atoms with E-state index < -0.39 is 0 Å². The Labute approximate surface area is 81.9 Å². The van der Waals surface area contributed by atoms with Crippen LogP contribution in [0.1, 0.15) is 17.9 Å². The Hall–Kier alpha value is -0.600. The van der Waals surface area contributed by atoms with Crippen LogP contribution in [0, 0.1) is 5.82 Å². The minimum atomic E-state index is -0.314. The highest BCUT2D eigenvalue weighted by Gasteiger charge is 2.20. The van der Waals surface area contributed by atoms with Gasteiger partial charge >= 0.3 is 0 Å². The summed E-state index contributed by atoms with van der Waals surface area (Å²) in [4.78, 5) is 0. The molecule has 0 bridgehead atoms. The summed E-state index contributed by atoms with van der Waals surface area (Å²) in [5.74, 6) is 0.0641. The molecule has 1 saturated heterocycles. The second kappa shape index (κ2) is 3.64. The van der Waals surface area contributed by atoms with E-state index in [0.717, 1.165) is 25.1 Å². The monoisotopic (exact) mass is 199 g/mol. The van der Waals surface area contributed by atoms with E-state index in [1.165, 1.54) is 6.07 Å². The van der Waals surface area contributed by atoms with Crippen LogP contribution in [0.3, 0.4) is 0 Å². The second-order valence-electron chi connectivity index (χ2n) is 3.33. The molecule has 1 unspecified atom stereocenters. The molecule has 3 heteroatoms. The Kier molecular flexibility index (Phi) is 2.51. The molecule has 1 atom stereocenters. The zero-order valence-electron chi connectivity index (χ0n) is 7.19. The van der Waals surface area contributed by atoms with Gasteiger partial charge < -0.3 is 5.32 Å². The molecule has 1 fully saturated rings. The molecule has 1 heterocycles. The highest BCUT2D eigenvalue weighted by atomic mass is 35.5. The van der Waals surface area contributed by atoms with Crippen LogP contribution in [-0.2, 0) is 0 Å². The number of hydrogen-bond acceptors (Lipinski definition) is 1. The van der Waals surface area contributed by atoms with E-state index in [2.05, 4.69) is 5.32 Å². The van der Waals surface area contributed by atoms with Crippen LogP contribution < -0.4 is 5.32 Å². The zero-order valence-corrected chi connectivity index (χ0v) is 7.94. The van der Waals surface area contributed by atoms with Crippen LogP contribution in [0.5, 0.6) is 0 Å². The van der Waals surface area contributed by atoms with E-state index in [4.69, 9.17) is 11.6 Å². The number of halogens is 2. The van der Waals surface area contributed by atoms with Gasteiger partial charge in [-0.15, -0.1) is 0 Å². The van der Waals surface area contributed by atoms with Gasteiger partial charge in [0.15, 0.2) is 0 Å². The molecule has 0 radical (unpaired) electrons. The highest BCUT2D eigenvalue weighted by Crippen LogP contribution is 2.30. The first-order valence-corrected chi connectivity index (χ1v) is 4.81. The Morgan fingerprint density at radius 1 is 1.46 bits per heavy atom. The fourth-order valence-corrected chi connectivity index (χ4v) is 2.04. The predicted octanol–water partition coefficient (Wildman–Crippen LogP) is 2.56. The van der Waals surface area contributed by atoms with E-state index in [1.807, 2.05) is 6.07 Å². The van der Waals surface area contributed by atoms with Gasteiger partial charge in [-0.05, 0) is 30.5 Å². The highest BCUT2D eigenvalue weighted by molar-refractivity contribution is 6.31. The van der Waals surface area contributed by atoms with Gasteiger partial charge in [0.05, 0.1) is 5.02 Å². The lowest BCUT2D eigenvalue weighted by Gasteiger charge is -2.10. The molecule has 0 saturated carbocycles. The molecule has 70 valence electrons. The van der Waals surface area contributed by atoms with Crippen molar-refractivity contribution in [3.05, 3.63) is 34.6 Å². The lowest BCUT2D eigenvalue weighted by atomic mass is 9.98. The third kappa shape index (κ3) is 1.69. The molecule has 1 N–H and O–H groups in total. The Morgan fingerprint density at radius 3 is 3.00 bits per heavy atom. The molecule has 1 nitrogen and oxygen atoms in total. The third-order valence-corrected chi connectivity index (χ3v) is 2.88. The number of nitrogens with one attached hydrogen (secondary N) is 1. The van der Waals surface area contributed by atoms with Crippen LogP contribution in [-0.4, -0.2) is 13.1 Å². The molecular weight excluding hydrogens is 189 g/mol. The van der Waals surface area contributed by atoms with E-state index in [0.29, 0.717) is 5.92 Å². The first kappa shape index (κ1) is 8.97. The van der Waals surface area contributed by atoms with Crippen molar-refractivity contribution in [2.24, 2.45) is 0 Å². The first-order valence-electron chi connectivity index (χ1n) is 4.43. The standard InChI is InChI=1S/C10H11ClFN/c11-10-8(2-1-3-9(10)12)7-4-5-13-6-7/h1-3,7,13H,4-6H2. The van der Waals surface area contributed by atoms with Gasteiger partial charge in [-0.25, -0.2) is 4.39 Å². The minimum Gasteiger partial charge on any atom is -0.316 e. The Bertz CT molecular complexity index is 308. The topological polar surface area (TPSA) is 12.0 Å². The summed E-state index contributed by atoms with van der Waals surface area (Å²) in [5, 5.41) is 3.52. The first-order chi connectivity index (χ1) is 6.29. The van der Waals surface area contributed by atoms with E-state index in [1.54, 1.807) is 6.07 Å². The van der Waals surface area contributed by atoms with E-state index >= 15 is 0 Å². The van der Waals surface area contributed by atoms with Crippen LogP contribution >= 0.6 is 11.6 Å². The third-order valence-electron chi connectivity index (χ3n) is 2.48. The van der Waals surface area contributed by atoms with E-state index in [-0.39, 0.29) is 10.8 Å². The minimum absolute atomic E-state index is 0.288. The van der Waals surface area contributed by atoms with Gasteiger partial charge in [0.25, 0.3) is 0 Å². The molecule has 0 amide bonds. The predicted molar refractivity (Wildman–Crippen MR) is 51.6 cm³/mol. The van der Waals surface area contributed by atoms with Crippen molar-refractivity contribution in [3.63, 3.8) is 0 Å². The summed E-state index contributed by atoms with van der Waals surface area (Å²) in [6.45, 7) is 1.90. The van der Waals surface area contributed by atoms with Crippen LogP contribution in [0.15, 0.2) is 18.2 Å². The number of rotatable bonds is 1. The molecule has 0 spiro atoms. The average molecular weight is 200 g/mol. The fraction of sp³-hybridized carbons (Fsp3) is 0.400. The van der Waals surface area contributed by atoms with Crippen molar-refractivity contribution in [1.29, 1.82) is 0 Å². The van der Waals surface area contributed by atoms with E-state index in [9.17, 15) is 4.39 Å². The summed E-state index contributed by atoms with van der Waals surface area (Å²) >= 11 is 5.87. The summed E-state index contributed by atoms with van der Waals surface area (Å²) in [5.41, 5.74) is 0.937. The quantitative estimate of drug-likeness (QED) is 0.733. The molecule has 0 aromatic heterocycles. The summed E-state index contributed by atoms with van der Waals surface area (Å²) < 4.78 is 13.1. The van der Waals surface area contributed by atoms with Crippen molar-refractivity contribution >= 4 is 11.6 Å². The number of benzene rings is 1. The van der Waals surface area contributed by atoms with Gasteiger partial charge in [0.1, 0.15) is 5.82 Å². The molecule has 2 rings (SSSR count). The second-order valence-corrected chi connectivity index (χ2v) is 3.71. The van der Waals surface area contributed by atoms with Crippen molar-refractivity contribution in [2.75, 3.05) is 13.1 Å². The fourth-order valence-electron chi connectivity index (χ4n) is 1.76. The molecule has 1 aromatic rings. The summed E-state index contributed by atoms with van der Waals surface area (Å²) in [7, 11) is 0. The molecule has 1 aromatic carbocycles. The Balaban J connectivity index is 2.33. The zero-order chi connectivity index (χ0) is 9.26. The van der Waals surface area contributed by atoms with Crippen LogP contribution in [0.2, 0.25) is 5.02 Å². The van der Waals surface area contributed by atoms with Gasteiger partial charge in [-0.2, -0.15) is 0 Å².